The molecule has 1 amide bonds. The van der Waals surface area contributed by atoms with Crippen LogP contribution in [-0.4, -0.2) is 38.0 Å². The Balaban J connectivity index is 0.00000210. The number of hydrogen-bond acceptors (Lipinski definition) is 2. The van der Waals surface area contributed by atoms with Gasteiger partial charge in [-0.3, -0.25) is 4.79 Å². The first-order valence-electron chi connectivity index (χ1n) is 9.30. The Morgan fingerprint density at radius 1 is 0.963 bits per heavy atom. The van der Waals surface area contributed by atoms with Crippen molar-refractivity contribution < 1.29 is 4.79 Å². The first-order chi connectivity index (χ1) is 12.8. The Bertz CT molecular complexity index is 852. The molecule has 6 heteroatoms. The number of rotatable bonds is 3. The predicted octanol–water partition coefficient (Wildman–Crippen LogP) is 3.22. The molecular weight excluding hydrogens is 451 g/mol. The molecular formula is C21H25IN4O. The normalized spacial score (nSPS) is 15.2. The summed E-state index contributed by atoms with van der Waals surface area (Å²) in [5.41, 5.74) is 4.79. The maximum atomic E-state index is 12.7. The molecule has 4 rings (SSSR count). The summed E-state index contributed by atoms with van der Waals surface area (Å²) in [5.74, 6) is 0.844. The molecule has 0 saturated heterocycles. The van der Waals surface area contributed by atoms with Crippen molar-refractivity contribution in [3.8, 4) is 0 Å². The summed E-state index contributed by atoms with van der Waals surface area (Å²) in [5, 5.41) is 3.34. The van der Waals surface area contributed by atoms with Crippen LogP contribution in [-0.2, 0) is 17.6 Å². The first kappa shape index (κ1) is 19.7. The number of carbonyl (C=O) groups excluding carboxylic acids is 1. The standard InChI is InChI=1S/C21H24N4O.HI/c1-2-22-21(25-14-12-17-8-4-6-10-19(17)25)23-15-20(26)24-13-11-16-7-3-5-9-18(16)24;/h3-10H,2,11-15H2,1H3,(H,22,23);1H. The lowest BCUT2D eigenvalue weighted by atomic mass is 10.2. The van der Waals surface area contributed by atoms with Gasteiger partial charge in [0.2, 0.25) is 5.91 Å². The summed E-state index contributed by atoms with van der Waals surface area (Å²) in [6.45, 7) is 4.63. The van der Waals surface area contributed by atoms with Gasteiger partial charge in [-0.15, -0.1) is 24.0 Å². The fourth-order valence-corrected chi connectivity index (χ4v) is 3.78. The van der Waals surface area contributed by atoms with Crippen molar-refractivity contribution in [3.05, 3.63) is 59.7 Å². The SMILES string of the molecule is CCNC(=NCC(=O)N1CCc2ccccc21)N1CCc2ccccc21.I. The first-order valence-corrected chi connectivity index (χ1v) is 9.30. The van der Waals surface area contributed by atoms with Crippen LogP contribution in [0.2, 0.25) is 0 Å². The molecule has 2 aromatic rings. The molecule has 5 nitrogen and oxygen atoms in total. The third-order valence-corrected chi connectivity index (χ3v) is 5.03. The quantitative estimate of drug-likeness (QED) is 0.421. The Morgan fingerprint density at radius 2 is 1.52 bits per heavy atom. The predicted molar refractivity (Wildman–Crippen MR) is 121 cm³/mol. The Morgan fingerprint density at radius 3 is 2.15 bits per heavy atom. The number of nitrogens with one attached hydrogen (secondary N) is 1. The minimum atomic E-state index is 0. The third-order valence-electron chi connectivity index (χ3n) is 5.03. The fourth-order valence-electron chi connectivity index (χ4n) is 3.78. The van der Waals surface area contributed by atoms with E-state index < -0.39 is 0 Å². The molecule has 27 heavy (non-hydrogen) atoms. The fraction of sp³-hybridized carbons (Fsp3) is 0.333. The summed E-state index contributed by atoms with van der Waals surface area (Å²) in [7, 11) is 0. The van der Waals surface area contributed by atoms with Gasteiger partial charge in [0.1, 0.15) is 6.54 Å². The number of amides is 1. The molecule has 142 valence electrons. The number of fused-ring (bicyclic) bond motifs is 2. The minimum Gasteiger partial charge on any atom is -0.356 e. The molecule has 0 atom stereocenters. The lowest BCUT2D eigenvalue weighted by molar-refractivity contribution is -0.117. The third kappa shape index (κ3) is 3.95. The van der Waals surface area contributed by atoms with Gasteiger partial charge in [0, 0.05) is 31.0 Å². The van der Waals surface area contributed by atoms with Crippen molar-refractivity contribution in [1.82, 2.24) is 5.32 Å². The topological polar surface area (TPSA) is 47.9 Å². The minimum absolute atomic E-state index is 0. The molecule has 2 aliphatic rings. The Hall–Kier alpha value is -2.09. The van der Waals surface area contributed by atoms with Crippen LogP contribution >= 0.6 is 24.0 Å². The number of benzene rings is 2. The van der Waals surface area contributed by atoms with Crippen molar-refractivity contribution in [2.75, 3.05) is 36.0 Å². The van der Waals surface area contributed by atoms with E-state index in [9.17, 15) is 4.79 Å². The van der Waals surface area contributed by atoms with E-state index >= 15 is 0 Å². The van der Waals surface area contributed by atoms with Crippen LogP contribution in [0, 0.1) is 0 Å². The summed E-state index contributed by atoms with van der Waals surface area (Å²) >= 11 is 0. The van der Waals surface area contributed by atoms with E-state index in [4.69, 9.17) is 0 Å². The van der Waals surface area contributed by atoms with Crippen molar-refractivity contribution in [3.63, 3.8) is 0 Å². The van der Waals surface area contributed by atoms with E-state index in [0.717, 1.165) is 44.1 Å². The summed E-state index contributed by atoms with van der Waals surface area (Å²) in [4.78, 5) is 21.4. The number of para-hydroxylation sites is 2. The van der Waals surface area contributed by atoms with Crippen molar-refractivity contribution in [2.45, 2.75) is 19.8 Å². The second-order valence-corrected chi connectivity index (χ2v) is 6.62. The smallest absolute Gasteiger partial charge is 0.248 e. The van der Waals surface area contributed by atoms with Gasteiger partial charge in [-0.2, -0.15) is 0 Å². The molecule has 0 radical (unpaired) electrons. The molecule has 0 bridgehead atoms. The number of nitrogens with zero attached hydrogens (tertiary/aromatic N) is 3. The number of hydrogen-bond donors (Lipinski definition) is 1. The van der Waals surface area contributed by atoms with E-state index in [-0.39, 0.29) is 36.4 Å². The molecule has 2 aliphatic heterocycles. The Labute approximate surface area is 177 Å². The van der Waals surface area contributed by atoms with Crippen molar-refractivity contribution >= 4 is 47.2 Å². The Kier molecular flexibility index (Phi) is 6.36. The van der Waals surface area contributed by atoms with E-state index in [0.29, 0.717) is 0 Å². The second-order valence-electron chi connectivity index (χ2n) is 6.62. The maximum absolute atomic E-state index is 12.7. The van der Waals surface area contributed by atoms with Crippen molar-refractivity contribution in [2.24, 2.45) is 4.99 Å². The van der Waals surface area contributed by atoms with E-state index in [1.807, 2.05) is 29.2 Å². The zero-order valence-corrected chi connectivity index (χ0v) is 17.8. The lowest BCUT2D eigenvalue weighted by Crippen LogP contribution is -2.41. The monoisotopic (exact) mass is 476 g/mol. The van der Waals surface area contributed by atoms with Gasteiger partial charge in [0.05, 0.1) is 0 Å². The highest BCUT2D eigenvalue weighted by molar-refractivity contribution is 14.0. The molecule has 0 saturated carbocycles. The average molecular weight is 476 g/mol. The second kappa shape index (κ2) is 8.73. The van der Waals surface area contributed by atoms with Crippen LogP contribution in [0.5, 0.6) is 0 Å². The number of halogens is 1. The number of anilines is 2. The molecule has 0 unspecified atom stereocenters. The van der Waals surface area contributed by atoms with Gasteiger partial charge in [-0.1, -0.05) is 36.4 Å². The highest BCUT2D eigenvalue weighted by Gasteiger charge is 2.25. The van der Waals surface area contributed by atoms with Crippen LogP contribution < -0.4 is 15.1 Å². The molecule has 1 N–H and O–H groups in total. The lowest BCUT2D eigenvalue weighted by Gasteiger charge is -2.23. The zero-order chi connectivity index (χ0) is 17.9. The maximum Gasteiger partial charge on any atom is 0.248 e. The highest BCUT2D eigenvalue weighted by atomic mass is 127. The van der Waals surface area contributed by atoms with Gasteiger partial charge in [0.25, 0.3) is 0 Å². The summed E-state index contributed by atoms with van der Waals surface area (Å²) in [6, 6.07) is 16.5. The van der Waals surface area contributed by atoms with Crippen molar-refractivity contribution in [1.29, 1.82) is 0 Å². The number of carbonyl (C=O) groups is 1. The molecule has 0 aliphatic carbocycles. The van der Waals surface area contributed by atoms with Gasteiger partial charge in [-0.25, -0.2) is 4.99 Å². The summed E-state index contributed by atoms with van der Waals surface area (Å²) in [6.07, 6.45) is 1.93. The molecule has 0 fully saturated rings. The highest BCUT2D eigenvalue weighted by Crippen LogP contribution is 2.28. The van der Waals surface area contributed by atoms with E-state index in [1.54, 1.807) is 0 Å². The van der Waals surface area contributed by atoms with Gasteiger partial charge in [-0.05, 0) is 43.0 Å². The van der Waals surface area contributed by atoms with Gasteiger partial charge < -0.3 is 15.1 Å². The van der Waals surface area contributed by atoms with Crippen LogP contribution in [0.3, 0.4) is 0 Å². The molecule has 0 spiro atoms. The number of aliphatic imine (C=N–C) groups is 1. The van der Waals surface area contributed by atoms with Crippen LogP contribution in [0.25, 0.3) is 0 Å². The molecule has 2 aromatic carbocycles. The van der Waals surface area contributed by atoms with Gasteiger partial charge >= 0.3 is 0 Å². The van der Waals surface area contributed by atoms with Gasteiger partial charge in [0.15, 0.2) is 5.96 Å². The molecule has 0 aromatic heterocycles. The van der Waals surface area contributed by atoms with Crippen LogP contribution in [0.15, 0.2) is 53.5 Å². The van der Waals surface area contributed by atoms with Crippen LogP contribution in [0.4, 0.5) is 11.4 Å². The average Bonchev–Trinajstić information content (AvgIpc) is 3.29. The summed E-state index contributed by atoms with van der Waals surface area (Å²) < 4.78 is 0. The largest absolute Gasteiger partial charge is 0.356 e. The molecule has 2 heterocycles. The zero-order valence-electron chi connectivity index (χ0n) is 15.5. The number of guanidine groups is 1. The van der Waals surface area contributed by atoms with E-state index in [1.165, 1.54) is 16.8 Å². The van der Waals surface area contributed by atoms with Crippen LogP contribution in [0.1, 0.15) is 18.1 Å². The van der Waals surface area contributed by atoms with E-state index in [2.05, 4.69) is 46.4 Å².